The fourth-order valence-electron chi connectivity index (χ4n) is 4.41. The van der Waals surface area contributed by atoms with E-state index >= 15 is 0 Å². The summed E-state index contributed by atoms with van der Waals surface area (Å²) in [5.41, 5.74) is 3.91. The Kier molecular flexibility index (Phi) is 5.65. The highest BCUT2D eigenvalue weighted by molar-refractivity contribution is 6.47. The predicted molar refractivity (Wildman–Crippen MR) is 122 cm³/mol. The predicted octanol–water partition coefficient (Wildman–Crippen LogP) is 5.63. The number of carbonyl (C=O) groups excluding carboxylic acids is 2. The first-order valence-corrected chi connectivity index (χ1v) is 10.9. The van der Waals surface area contributed by atoms with Gasteiger partial charge in [-0.1, -0.05) is 53.9 Å². The van der Waals surface area contributed by atoms with Gasteiger partial charge in [0, 0.05) is 23.7 Å². The number of nitrogens with zero attached hydrogens (tertiary/aromatic N) is 2. The van der Waals surface area contributed by atoms with Crippen LogP contribution in [0, 0.1) is 19.8 Å². The van der Waals surface area contributed by atoms with Crippen molar-refractivity contribution in [3.05, 3.63) is 68.8 Å². The number of amides is 2. The molecular formula is C24H24Cl2N2O2. The van der Waals surface area contributed by atoms with E-state index in [1.165, 1.54) is 4.90 Å². The van der Waals surface area contributed by atoms with Crippen molar-refractivity contribution < 1.29 is 9.59 Å². The lowest BCUT2D eigenvalue weighted by atomic mass is 9.97. The maximum absolute atomic E-state index is 13.7. The van der Waals surface area contributed by atoms with Gasteiger partial charge in [-0.15, -0.1) is 0 Å². The smallest absolute Gasteiger partial charge is 0.282 e. The minimum absolute atomic E-state index is 0.290. The molecule has 1 saturated heterocycles. The molecule has 2 aromatic carbocycles. The molecule has 2 aliphatic heterocycles. The van der Waals surface area contributed by atoms with Gasteiger partial charge in [-0.3, -0.25) is 9.59 Å². The minimum Gasteiger partial charge on any atom is -0.366 e. The van der Waals surface area contributed by atoms with E-state index in [-0.39, 0.29) is 11.8 Å². The molecule has 2 amide bonds. The number of anilines is 1. The summed E-state index contributed by atoms with van der Waals surface area (Å²) in [6, 6.07) is 10.8. The van der Waals surface area contributed by atoms with Crippen molar-refractivity contribution in [2.24, 2.45) is 5.92 Å². The summed E-state index contributed by atoms with van der Waals surface area (Å²) in [5.74, 6) is -0.183. The van der Waals surface area contributed by atoms with E-state index in [4.69, 9.17) is 23.2 Å². The second-order valence-electron chi connectivity index (χ2n) is 8.28. The molecule has 6 heteroatoms. The lowest BCUT2D eigenvalue weighted by Gasteiger charge is -2.33. The van der Waals surface area contributed by atoms with Crippen LogP contribution in [0.4, 0.5) is 5.69 Å². The zero-order valence-electron chi connectivity index (χ0n) is 17.3. The van der Waals surface area contributed by atoms with Crippen LogP contribution in [-0.2, 0) is 9.59 Å². The topological polar surface area (TPSA) is 40.6 Å². The molecule has 2 aliphatic rings. The molecule has 1 unspecified atom stereocenters. The molecule has 0 saturated carbocycles. The maximum Gasteiger partial charge on any atom is 0.282 e. The quantitative estimate of drug-likeness (QED) is 0.578. The molecular weight excluding hydrogens is 419 g/mol. The van der Waals surface area contributed by atoms with Gasteiger partial charge in [-0.25, -0.2) is 4.90 Å². The normalized spacial score (nSPS) is 19.8. The minimum atomic E-state index is -0.343. The van der Waals surface area contributed by atoms with Crippen LogP contribution in [-0.4, -0.2) is 29.8 Å². The first kappa shape index (κ1) is 21.0. The maximum atomic E-state index is 13.7. The van der Waals surface area contributed by atoms with Crippen molar-refractivity contribution in [1.82, 2.24) is 4.90 Å². The first-order valence-electron chi connectivity index (χ1n) is 10.2. The number of imide groups is 1. The Balaban J connectivity index is 1.88. The van der Waals surface area contributed by atoms with E-state index in [0.29, 0.717) is 38.5 Å². The van der Waals surface area contributed by atoms with E-state index in [2.05, 4.69) is 11.8 Å². The van der Waals surface area contributed by atoms with E-state index < -0.39 is 0 Å². The Labute approximate surface area is 187 Å². The van der Waals surface area contributed by atoms with Crippen LogP contribution in [0.3, 0.4) is 0 Å². The van der Waals surface area contributed by atoms with Crippen LogP contribution in [0.1, 0.15) is 36.5 Å². The summed E-state index contributed by atoms with van der Waals surface area (Å²) in [7, 11) is 0. The average Bonchev–Trinajstić information content (AvgIpc) is 2.93. The monoisotopic (exact) mass is 442 g/mol. The van der Waals surface area contributed by atoms with Crippen molar-refractivity contribution in [1.29, 1.82) is 0 Å². The van der Waals surface area contributed by atoms with Crippen LogP contribution in [0.15, 0.2) is 42.1 Å². The first-order chi connectivity index (χ1) is 14.3. The van der Waals surface area contributed by atoms with Gasteiger partial charge < -0.3 is 4.90 Å². The molecule has 2 aromatic rings. The van der Waals surface area contributed by atoms with Crippen molar-refractivity contribution in [2.45, 2.75) is 33.6 Å². The van der Waals surface area contributed by atoms with E-state index in [1.54, 1.807) is 18.2 Å². The highest BCUT2D eigenvalue weighted by Gasteiger charge is 2.44. The summed E-state index contributed by atoms with van der Waals surface area (Å²) >= 11 is 12.6. The second-order valence-corrected chi connectivity index (χ2v) is 9.12. The molecule has 0 radical (unpaired) electrons. The third-order valence-corrected chi connectivity index (χ3v) is 6.37. The van der Waals surface area contributed by atoms with Gasteiger partial charge in [-0.2, -0.15) is 0 Å². The third-order valence-electron chi connectivity index (χ3n) is 5.83. The highest BCUT2D eigenvalue weighted by atomic mass is 35.5. The molecule has 156 valence electrons. The summed E-state index contributed by atoms with van der Waals surface area (Å²) in [6.07, 6.45) is 2.10. The Bertz CT molecular complexity index is 1080. The number of halogens is 2. The molecule has 4 rings (SSSR count). The Morgan fingerprint density at radius 1 is 1.00 bits per heavy atom. The van der Waals surface area contributed by atoms with Crippen LogP contribution in [0.25, 0.3) is 5.57 Å². The lowest BCUT2D eigenvalue weighted by Crippen LogP contribution is -2.39. The Morgan fingerprint density at radius 2 is 1.77 bits per heavy atom. The summed E-state index contributed by atoms with van der Waals surface area (Å²) < 4.78 is 0. The summed E-state index contributed by atoms with van der Waals surface area (Å²) in [5, 5.41) is 0.851. The zero-order valence-corrected chi connectivity index (χ0v) is 18.8. The summed E-state index contributed by atoms with van der Waals surface area (Å²) in [6.45, 7) is 7.56. The largest absolute Gasteiger partial charge is 0.366 e. The molecule has 1 atom stereocenters. The van der Waals surface area contributed by atoms with Crippen molar-refractivity contribution in [3.63, 3.8) is 0 Å². The van der Waals surface area contributed by atoms with Crippen molar-refractivity contribution in [3.8, 4) is 0 Å². The Morgan fingerprint density at radius 3 is 2.43 bits per heavy atom. The molecule has 0 aromatic heterocycles. The number of aryl methyl sites for hydroxylation is 2. The molecule has 1 fully saturated rings. The van der Waals surface area contributed by atoms with Crippen molar-refractivity contribution in [2.75, 3.05) is 18.0 Å². The van der Waals surface area contributed by atoms with E-state index in [9.17, 15) is 9.59 Å². The van der Waals surface area contributed by atoms with Crippen LogP contribution >= 0.6 is 23.2 Å². The van der Waals surface area contributed by atoms with Crippen LogP contribution < -0.4 is 4.90 Å². The number of piperidine rings is 1. The molecule has 0 aliphatic carbocycles. The van der Waals surface area contributed by atoms with Crippen molar-refractivity contribution >= 4 is 46.3 Å². The van der Waals surface area contributed by atoms with Crippen LogP contribution in [0.2, 0.25) is 10.0 Å². The van der Waals surface area contributed by atoms with Gasteiger partial charge in [-0.05, 0) is 56.4 Å². The van der Waals surface area contributed by atoms with Crippen LogP contribution in [0.5, 0.6) is 0 Å². The summed E-state index contributed by atoms with van der Waals surface area (Å²) in [4.78, 5) is 30.7. The number of likely N-dealkylation sites (tertiary alicyclic amines) is 1. The average molecular weight is 443 g/mol. The van der Waals surface area contributed by atoms with Gasteiger partial charge in [0.25, 0.3) is 11.8 Å². The fourth-order valence-corrected chi connectivity index (χ4v) is 4.92. The Hall–Kier alpha value is -2.30. The highest BCUT2D eigenvalue weighted by Crippen LogP contribution is 2.40. The molecule has 0 bridgehead atoms. The van der Waals surface area contributed by atoms with E-state index in [0.717, 1.165) is 37.1 Å². The van der Waals surface area contributed by atoms with Gasteiger partial charge >= 0.3 is 0 Å². The number of rotatable bonds is 3. The third kappa shape index (κ3) is 3.63. The second kappa shape index (κ2) is 8.09. The SMILES string of the molecule is Cc1ccc(N2C(=O)C(c3ccc(Cl)cc3Cl)=C(N3CCCC(C)C3)C2=O)c(C)c1. The fraction of sp³-hybridized carbons (Fsp3) is 0.333. The van der Waals surface area contributed by atoms with Gasteiger partial charge in [0.05, 0.1) is 16.3 Å². The number of hydrogen-bond acceptors (Lipinski definition) is 3. The molecule has 2 heterocycles. The number of benzene rings is 2. The van der Waals surface area contributed by atoms with Gasteiger partial charge in [0.1, 0.15) is 5.70 Å². The standard InChI is InChI=1S/C24H24Cl2N2O2/c1-14-6-9-20(16(3)11-14)28-23(29)21(18-8-7-17(25)12-19(18)26)22(24(28)30)27-10-4-5-15(2)13-27/h6-9,11-12,15H,4-5,10,13H2,1-3H3. The lowest BCUT2D eigenvalue weighted by molar-refractivity contribution is -0.120. The molecule has 30 heavy (non-hydrogen) atoms. The molecule has 0 N–H and O–H groups in total. The zero-order chi connectivity index (χ0) is 21.6. The molecule has 4 nitrogen and oxygen atoms in total. The van der Waals surface area contributed by atoms with Gasteiger partial charge in [0.2, 0.25) is 0 Å². The molecule has 0 spiro atoms. The number of carbonyl (C=O) groups is 2. The van der Waals surface area contributed by atoms with E-state index in [1.807, 2.05) is 32.0 Å². The number of hydrogen-bond donors (Lipinski definition) is 0. The van der Waals surface area contributed by atoms with Gasteiger partial charge in [0.15, 0.2) is 0 Å².